The minimum atomic E-state index is -0.829. The zero-order valence-corrected chi connectivity index (χ0v) is 25.7. The molecule has 212 valence electrons. The Kier molecular flexibility index (Phi) is 24.3. The van der Waals surface area contributed by atoms with Crippen LogP contribution in [0.25, 0.3) is 0 Å². The Hall–Kier alpha value is -0.0231. The fourth-order valence-corrected chi connectivity index (χ4v) is 6.40. The smallest absolute Gasteiger partial charge is 0.282 e. The first kappa shape index (κ1) is 35.0. The standard InChI is InChI=1S/C28H60O6Si/c1-7-29-27(30-8-2,31-9-3)23-19-15-13-17-21-25-35-26-22-18-14-16-20-24-28(32-10-4,33-11-5)34-12-6/h7-26,35H2,1-6H3. The van der Waals surface area contributed by atoms with Gasteiger partial charge in [0.1, 0.15) is 0 Å². The molecular weight excluding hydrogens is 460 g/mol. The van der Waals surface area contributed by atoms with E-state index in [2.05, 4.69) is 0 Å². The molecule has 0 fully saturated rings. The van der Waals surface area contributed by atoms with Crippen LogP contribution in [0.2, 0.25) is 12.1 Å². The normalized spacial score (nSPS) is 12.5. The van der Waals surface area contributed by atoms with Gasteiger partial charge in [-0.2, -0.15) is 0 Å². The van der Waals surface area contributed by atoms with Crippen molar-refractivity contribution in [3.8, 4) is 0 Å². The van der Waals surface area contributed by atoms with Gasteiger partial charge in [-0.15, -0.1) is 0 Å². The van der Waals surface area contributed by atoms with E-state index in [1.165, 1.54) is 63.5 Å². The SMILES string of the molecule is CCOC(CCCCCCC[SiH2]CCCCCCCC(OCC)(OCC)OCC)(OCC)OCC. The van der Waals surface area contributed by atoms with Crippen molar-refractivity contribution in [3.63, 3.8) is 0 Å². The monoisotopic (exact) mass is 520 g/mol. The third-order valence-electron chi connectivity index (χ3n) is 6.15. The lowest BCUT2D eigenvalue weighted by Crippen LogP contribution is -2.39. The van der Waals surface area contributed by atoms with Crippen LogP contribution in [0, 0.1) is 0 Å². The van der Waals surface area contributed by atoms with Gasteiger partial charge in [-0.25, -0.2) is 0 Å². The van der Waals surface area contributed by atoms with Gasteiger partial charge in [-0.05, 0) is 54.4 Å². The predicted molar refractivity (Wildman–Crippen MR) is 149 cm³/mol. The van der Waals surface area contributed by atoms with Crippen molar-refractivity contribution in [2.75, 3.05) is 39.6 Å². The first-order valence-electron chi connectivity index (χ1n) is 14.9. The van der Waals surface area contributed by atoms with Gasteiger partial charge in [0.15, 0.2) is 0 Å². The minimum absolute atomic E-state index is 0.126. The van der Waals surface area contributed by atoms with Crippen LogP contribution >= 0.6 is 0 Å². The first-order chi connectivity index (χ1) is 17.1. The third kappa shape index (κ3) is 18.0. The summed E-state index contributed by atoms with van der Waals surface area (Å²) < 4.78 is 34.9. The molecule has 0 bridgehead atoms. The van der Waals surface area contributed by atoms with Gasteiger partial charge in [0.2, 0.25) is 0 Å². The van der Waals surface area contributed by atoms with Crippen molar-refractivity contribution in [2.45, 2.75) is 143 Å². The van der Waals surface area contributed by atoms with Crippen LogP contribution in [-0.4, -0.2) is 61.1 Å². The molecule has 6 nitrogen and oxygen atoms in total. The highest BCUT2D eigenvalue weighted by Crippen LogP contribution is 2.25. The molecule has 0 saturated heterocycles. The quantitative estimate of drug-likeness (QED) is 0.0618. The van der Waals surface area contributed by atoms with Crippen LogP contribution in [0.1, 0.15) is 119 Å². The molecule has 0 radical (unpaired) electrons. The van der Waals surface area contributed by atoms with Crippen molar-refractivity contribution in [2.24, 2.45) is 0 Å². The largest absolute Gasteiger partial charge is 0.328 e. The molecule has 0 rings (SSSR count). The Labute approximate surface area is 220 Å². The number of rotatable bonds is 28. The van der Waals surface area contributed by atoms with Gasteiger partial charge in [0.05, 0.1) is 0 Å². The van der Waals surface area contributed by atoms with Gasteiger partial charge >= 0.3 is 0 Å². The predicted octanol–water partition coefficient (Wildman–Crippen LogP) is 7.20. The van der Waals surface area contributed by atoms with Crippen LogP contribution < -0.4 is 0 Å². The van der Waals surface area contributed by atoms with E-state index in [0.717, 1.165) is 25.7 Å². The van der Waals surface area contributed by atoms with Crippen molar-refractivity contribution in [1.29, 1.82) is 0 Å². The zero-order valence-electron chi connectivity index (χ0n) is 24.3. The maximum absolute atomic E-state index is 5.81. The maximum atomic E-state index is 5.81. The fourth-order valence-electron chi connectivity index (χ4n) is 4.63. The molecule has 0 N–H and O–H groups in total. The molecule has 0 aromatic rings. The van der Waals surface area contributed by atoms with E-state index in [-0.39, 0.29) is 9.52 Å². The van der Waals surface area contributed by atoms with E-state index < -0.39 is 11.9 Å². The lowest BCUT2D eigenvalue weighted by Gasteiger charge is -2.32. The van der Waals surface area contributed by atoms with Crippen LogP contribution in [0.3, 0.4) is 0 Å². The molecule has 0 unspecified atom stereocenters. The van der Waals surface area contributed by atoms with Crippen molar-refractivity contribution >= 4 is 9.52 Å². The zero-order chi connectivity index (χ0) is 26.1. The highest BCUT2D eigenvalue weighted by Gasteiger charge is 2.32. The Morgan fingerprint density at radius 1 is 0.371 bits per heavy atom. The number of unbranched alkanes of at least 4 members (excludes halogenated alkanes) is 8. The fraction of sp³-hybridized carbons (Fsp3) is 1.00. The van der Waals surface area contributed by atoms with Crippen LogP contribution in [-0.2, 0) is 28.4 Å². The molecule has 0 saturated carbocycles. The third-order valence-corrected chi connectivity index (χ3v) is 8.15. The average molecular weight is 521 g/mol. The summed E-state index contributed by atoms with van der Waals surface area (Å²) in [4.78, 5) is 0. The van der Waals surface area contributed by atoms with Crippen molar-refractivity contribution in [3.05, 3.63) is 0 Å². The van der Waals surface area contributed by atoms with Crippen molar-refractivity contribution in [1.82, 2.24) is 0 Å². The summed E-state index contributed by atoms with van der Waals surface area (Å²) in [6, 6.07) is 3.00. The second-order valence-electron chi connectivity index (χ2n) is 9.06. The Morgan fingerprint density at radius 3 is 0.914 bits per heavy atom. The van der Waals surface area contributed by atoms with E-state index in [1.807, 2.05) is 41.5 Å². The summed E-state index contributed by atoms with van der Waals surface area (Å²) in [5, 5.41) is 0. The van der Waals surface area contributed by atoms with E-state index >= 15 is 0 Å². The molecular formula is C28H60O6Si. The first-order valence-corrected chi connectivity index (χ1v) is 16.9. The summed E-state index contributed by atoms with van der Waals surface area (Å²) in [5.74, 6) is -1.66. The lowest BCUT2D eigenvalue weighted by molar-refractivity contribution is -0.380. The molecule has 0 aliphatic carbocycles. The summed E-state index contributed by atoms with van der Waals surface area (Å²) >= 11 is 0. The molecule has 0 amide bonds. The molecule has 7 heteroatoms. The second-order valence-corrected chi connectivity index (χ2v) is 11.2. The maximum Gasteiger partial charge on any atom is 0.282 e. The van der Waals surface area contributed by atoms with Gasteiger partial charge in [-0.3, -0.25) is 0 Å². The Balaban J connectivity index is 3.70. The Bertz CT molecular complexity index is 366. The van der Waals surface area contributed by atoms with Crippen LogP contribution in [0.5, 0.6) is 0 Å². The molecule has 0 heterocycles. The van der Waals surface area contributed by atoms with E-state index in [4.69, 9.17) is 28.4 Å². The summed E-state index contributed by atoms with van der Waals surface area (Å²) in [5.41, 5.74) is 0. The molecule has 0 aromatic carbocycles. The number of ether oxygens (including phenoxy) is 6. The number of hydrogen-bond donors (Lipinski definition) is 0. The molecule has 0 aromatic heterocycles. The van der Waals surface area contributed by atoms with Gasteiger partial charge < -0.3 is 28.4 Å². The van der Waals surface area contributed by atoms with Gasteiger partial charge in [-0.1, -0.05) is 63.5 Å². The molecule has 0 atom stereocenters. The summed E-state index contributed by atoms with van der Waals surface area (Å²) in [6.45, 7) is 15.7. The second kappa shape index (κ2) is 24.3. The highest BCUT2D eigenvalue weighted by molar-refractivity contribution is 6.35. The van der Waals surface area contributed by atoms with Crippen molar-refractivity contribution < 1.29 is 28.4 Å². The van der Waals surface area contributed by atoms with Gasteiger partial charge in [0.25, 0.3) is 11.9 Å². The highest BCUT2D eigenvalue weighted by atomic mass is 28.2. The van der Waals surface area contributed by atoms with Crippen LogP contribution in [0.4, 0.5) is 0 Å². The summed E-state index contributed by atoms with van der Waals surface area (Å²) in [6.07, 6.45) is 14.4. The topological polar surface area (TPSA) is 55.4 Å². The van der Waals surface area contributed by atoms with E-state index in [0.29, 0.717) is 39.6 Å². The molecule has 0 aliphatic rings. The number of hydrogen-bond acceptors (Lipinski definition) is 6. The van der Waals surface area contributed by atoms with Crippen LogP contribution in [0.15, 0.2) is 0 Å². The van der Waals surface area contributed by atoms with E-state index in [1.54, 1.807) is 0 Å². The molecule has 0 aliphatic heterocycles. The van der Waals surface area contributed by atoms with Gasteiger partial charge in [0, 0.05) is 62.0 Å². The average Bonchev–Trinajstić information content (AvgIpc) is 2.82. The minimum Gasteiger partial charge on any atom is -0.328 e. The molecule has 0 spiro atoms. The van der Waals surface area contributed by atoms with E-state index in [9.17, 15) is 0 Å². The Morgan fingerprint density at radius 2 is 0.629 bits per heavy atom. The lowest BCUT2D eigenvalue weighted by atomic mass is 10.1. The molecule has 35 heavy (non-hydrogen) atoms. The summed E-state index contributed by atoms with van der Waals surface area (Å²) in [7, 11) is 0.126.